The molecule has 0 atom stereocenters. The van der Waals surface area contributed by atoms with Gasteiger partial charge in [0.05, 0.1) is 16.7 Å². The van der Waals surface area contributed by atoms with Crippen LogP contribution in [0.25, 0.3) is 11.0 Å². The lowest BCUT2D eigenvalue weighted by Gasteiger charge is -2.35. The van der Waals surface area contributed by atoms with Gasteiger partial charge in [0.2, 0.25) is 0 Å². The van der Waals surface area contributed by atoms with Gasteiger partial charge in [0.1, 0.15) is 5.82 Å². The molecule has 0 saturated carbocycles. The van der Waals surface area contributed by atoms with Crippen LogP contribution in [0.15, 0.2) is 48.5 Å². The first-order valence-corrected chi connectivity index (χ1v) is 7.96. The van der Waals surface area contributed by atoms with Gasteiger partial charge in [0, 0.05) is 26.2 Å². The van der Waals surface area contributed by atoms with Gasteiger partial charge in [-0.2, -0.15) is 0 Å². The zero-order chi connectivity index (χ0) is 16.5. The number of aromatic nitrogens is 2. The van der Waals surface area contributed by atoms with E-state index in [1.54, 1.807) is 17.0 Å². The zero-order valence-electron chi connectivity index (χ0n) is 13.1. The van der Waals surface area contributed by atoms with Crippen LogP contribution in [0.4, 0.5) is 10.1 Å². The molecule has 1 aromatic heterocycles. The number of fused-ring (bicyclic) bond motifs is 1. The van der Waals surface area contributed by atoms with Gasteiger partial charge >= 0.3 is 0 Å². The average molecular weight is 324 g/mol. The zero-order valence-corrected chi connectivity index (χ0v) is 13.1. The third-order valence-corrected chi connectivity index (χ3v) is 4.35. The minimum atomic E-state index is -0.227. The monoisotopic (exact) mass is 324 g/mol. The summed E-state index contributed by atoms with van der Waals surface area (Å²) >= 11 is 0. The third kappa shape index (κ3) is 2.60. The fourth-order valence-corrected chi connectivity index (χ4v) is 3.06. The number of para-hydroxylation sites is 3. The Hall–Kier alpha value is -2.89. The summed E-state index contributed by atoms with van der Waals surface area (Å²) in [6, 6.07) is 14.3. The highest BCUT2D eigenvalue weighted by Gasteiger charge is 2.25. The topological polar surface area (TPSA) is 52.2 Å². The number of rotatable bonds is 2. The molecular formula is C18H17FN4O. The molecule has 1 aliphatic heterocycles. The second-order valence-corrected chi connectivity index (χ2v) is 5.83. The van der Waals surface area contributed by atoms with Crippen molar-refractivity contribution in [3.63, 3.8) is 0 Å². The number of benzene rings is 2. The first kappa shape index (κ1) is 14.7. The molecule has 6 heteroatoms. The van der Waals surface area contributed by atoms with Crippen molar-refractivity contribution in [2.45, 2.75) is 0 Å². The maximum atomic E-state index is 13.9. The summed E-state index contributed by atoms with van der Waals surface area (Å²) in [4.78, 5) is 23.8. The van der Waals surface area contributed by atoms with E-state index in [0.717, 1.165) is 11.0 Å². The first-order chi connectivity index (χ1) is 11.7. The molecule has 1 aliphatic rings. The number of nitrogens with zero attached hydrogens (tertiary/aromatic N) is 3. The minimum Gasteiger partial charge on any atom is -0.366 e. The van der Waals surface area contributed by atoms with Crippen molar-refractivity contribution in [3.05, 3.63) is 60.2 Å². The molecule has 2 heterocycles. The molecule has 0 spiro atoms. The van der Waals surface area contributed by atoms with E-state index in [4.69, 9.17) is 0 Å². The Kier molecular flexibility index (Phi) is 3.65. The molecule has 1 N–H and O–H groups in total. The lowest BCUT2D eigenvalue weighted by atomic mass is 10.2. The van der Waals surface area contributed by atoms with Crippen molar-refractivity contribution >= 4 is 22.6 Å². The molecule has 2 aromatic carbocycles. The predicted molar refractivity (Wildman–Crippen MR) is 90.6 cm³/mol. The molecule has 0 unspecified atom stereocenters. The normalized spacial score (nSPS) is 15.0. The number of nitrogens with one attached hydrogen (secondary N) is 1. The molecule has 1 fully saturated rings. The van der Waals surface area contributed by atoms with Gasteiger partial charge in [-0.1, -0.05) is 24.3 Å². The van der Waals surface area contributed by atoms with Gasteiger partial charge in [0.25, 0.3) is 5.91 Å². The van der Waals surface area contributed by atoms with Crippen molar-refractivity contribution in [2.75, 3.05) is 31.1 Å². The van der Waals surface area contributed by atoms with Gasteiger partial charge < -0.3 is 14.8 Å². The number of hydrogen-bond donors (Lipinski definition) is 1. The highest BCUT2D eigenvalue weighted by atomic mass is 19.1. The minimum absolute atomic E-state index is 0.112. The van der Waals surface area contributed by atoms with E-state index >= 15 is 0 Å². The quantitative estimate of drug-likeness (QED) is 0.788. The van der Waals surface area contributed by atoms with Crippen molar-refractivity contribution in [1.82, 2.24) is 14.9 Å². The highest BCUT2D eigenvalue weighted by molar-refractivity contribution is 5.94. The third-order valence-electron chi connectivity index (χ3n) is 4.35. The summed E-state index contributed by atoms with van der Waals surface area (Å²) < 4.78 is 13.9. The summed E-state index contributed by atoms with van der Waals surface area (Å²) in [6.45, 7) is 2.30. The fourth-order valence-electron chi connectivity index (χ4n) is 3.06. The first-order valence-electron chi connectivity index (χ1n) is 7.96. The van der Waals surface area contributed by atoms with Crippen LogP contribution in [0.3, 0.4) is 0 Å². The number of H-pyrrole nitrogens is 1. The molecule has 4 rings (SSSR count). The van der Waals surface area contributed by atoms with Gasteiger partial charge in [-0.25, -0.2) is 9.37 Å². The van der Waals surface area contributed by atoms with E-state index in [-0.39, 0.29) is 11.7 Å². The Morgan fingerprint density at radius 2 is 1.71 bits per heavy atom. The van der Waals surface area contributed by atoms with Crippen LogP contribution in [0, 0.1) is 5.82 Å². The Morgan fingerprint density at radius 1 is 1.00 bits per heavy atom. The number of halogens is 1. The van der Waals surface area contributed by atoms with E-state index in [1.807, 2.05) is 35.2 Å². The van der Waals surface area contributed by atoms with Crippen LogP contribution in [0.1, 0.15) is 10.6 Å². The molecule has 1 amide bonds. The second-order valence-electron chi connectivity index (χ2n) is 5.83. The Balaban J connectivity index is 1.47. The predicted octanol–water partition coefficient (Wildman–Crippen LogP) is 2.66. The number of aromatic amines is 1. The van der Waals surface area contributed by atoms with Gasteiger partial charge in [-0.3, -0.25) is 4.79 Å². The molecule has 5 nitrogen and oxygen atoms in total. The smallest absolute Gasteiger partial charge is 0.289 e. The summed E-state index contributed by atoms with van der Waals surface area (Å²) in [7, 11) is 0. The van der Waals surface area contributed by atoms with Crippen molar-refractivity contribution in [3.8, 4) is 0 Å². The highest BCUT2D eigenvalue weighted by Crippen LogP contribution is 2.21. The SMILES string of the molecule is O=C(c1nc2ccccc2[nH]1)N1CCN(c2ccccc2F)CC1. The fraction of sp³-hybridized carbons (Fsp3) is 0.222. The van der Waals surface area contributed by atoms with Crippen LogP contribution >= 0.6 is 0 Å². The number of anilines is 1. The van der Waals surface area contributed by atoms with Crippen LogP contribution < -0.4 is 4.90 Å². The molecule has 1 saturated heterocycles. The Bertz CT molecular complexity index is 850. The van der Waals surface area contributed by atoms with Gasteiger partial charge in [-0.15, -0.1) is 0 Å². The summed E-state index contributed by atoms with van der Waals surface area (Å²) in [5.74, 6) is 0.0180. The van der Waals surface area contributed by atoms with Crippen molar-refractivity contribution < 1.29 is 9.18 Å². The summed E-state index contributed by atoms with van der Waals surface area (Å²) in [6.07, 6.45) is 0. The number of piperazine rings is 1. The van der Waals surface area contributed by atoms with E-state index in [2.05, 4.69) is 9.97 Å². The van der Waals surface area contributed by atoms with Crippen LogP contribution in [-0.2, 0) is 0 Å². The number of hydrogen-bond acceptors (Lipinski definition) is 3. The molecule has 0 aliphatic carbocycles. The van der Waals surface area contributed by atoms with E-state index in [9.17, 15) is 9.18 Å². The van der Waals surface area contributed by atoms with Crippen LogP contribution in [-0.4, -0.2) is 47.0 Å². The van der Waals surface area contributed by atoms with Crippen LogP contribution in [0.5, 0.6) is 0 Å². The maximum Gasteiger partial charge on any atom is 0.289 e. The number of carbonyl (C=O) groups excluding carboxylic acids is 1. The number of imidazole rings is 1. The molecule has 3 aromatic rings. The molecule has 0 radical (unpaired) electrons. The van der Waals surface area contributed by atoms with E-state index < -0.39 is 0 Å². The maximum absolute atomic E-state index is 13.9. The van der Waals surface area contributed by atoms with Gasteiger partial charge in [0.15, 0.2) is 5.82 Å². The lowest BCUT2D eigenvalue weighted by Crippen LogP contribution is -2.49. The molecular weight excluding hydrogens is 307 g/mol. The Morgan fingerprint density at radius 3 is 2.46 bits per heavy atom. The molecule has 122 valence electrons. The summed E-state index contributed by atoms with van der Waals surface area (Å²) in [5, 5.41) is 0. The molecule has 0 bridgehead atoms. The average Bonchev–Trinajstić information content (AvgIpc) is 3.06. The van der Waals surface area contributed by atoms with Crippen molar-refractivity contribution in [2.24, 2.45) is 0 Å². The number of carbonyl (C=O) groups is 1. The van der Waals surface area contributed by atoms with Crippen molar-refractivity contribution in [1.29, 1.82) is 0 Å². The lowest BCUT2D eigenvalue weighted by molar-refractivity contribution is 0.0736. The molecule has 24 heavy (non-hydrogen) atoms. The standard InChI is InChI=1S/C18H17FN4O/c19-13-5-1-4-8-16(13)22-9-11-23(12-10-22)18(24)17-20-14-6-2-3-7-15(14)21-17/h1-8H,9-12H2,(H,20,21). The van der Waals surface area contributed by atoms with E-state index in [1.165, 1.54) is 6.07 Å². The Labute approximate surface area is 138 Å². The summed E-state index contributed by atoms with van der Waals surface area (Å²) in [5.41, 5.74) is 2.23. The van der Waals surface area contributed by atoms with Crippen LogP contribution in [0.2, 0.25) is 0 Å². The largest absolute Gasteiger partial charge is 0.366 e. The second kappa shape index (κ2) is 5.96. The number of amides is 1. The van der Waals surface area contributed by atoms with E-state index in [0.29, 0.717) is 37.7 Å². The van der Waals surface area contributed by atoms with Gasteiger partial charge in [-0.05, 0) is 24.3 Å².